The largest absolute Gasteiger partial charge is 0.396 e. The SMILES string of the molecule is C=C/C=C\C=C\C1=CC=CC(SCC)S(CC)=C1.CC.CCCCCO. The molecule has 0 fully saturated rings. The lowest BCUT2D eigenvalue weighted by Crippen LogP contribution is -1.98. The quantitative estimate of drug-likeness (QED) is 0.254. The van der Waals surface area contributed by atoms with E-state index in [9.17, 15) is 0 Å². The van der Waals surface area contributed by atoms with Crippen LogP contribution in [0.1, 0.15) is 53.9 Å². The van der Waals surface area contributed by atoms with Crippen LogP contribution in [-0.4, -0.2) is 33.2 Å². The number of rotatable bonds is 9. The van der Waals surface area contributed by atoms with Crippen LogP contribution < -0.4 is 0 Å². The number of allylic oxidation sites excluding steroid dienone is 8. The molecule has 0 bridgehead atoms. The molecule has 0 spiro atoms. The van der Waals surface area contributed by atoms with E-state index in [1.807, 2.05) is 37.8 Å². The van der Waals surface area contributed by atoms with Crippen molar-refractivity contribution in [3.8, 4) is 0 Å². The van der Waals surface area contributed by atoms with Gasteiger partial charge in [-0.3, -0.25) is 0 Å². The number of thioether (sulfide) groups is 1. The van der Waals surface area contributed by atoms with Gasteiger partial charge in [0.1, 0.15) is 0 Å². The van der Waals surface area contributed by atoms with Gasteiger partial charge in [-0.1, -0.05) is 103 Å². The van der Waals surface area contributed by atoms with E-state index in [1.165, 1.54) is 23.5 Å². The molecule has 1 aliphatic heterocycles. The molecule has 0 aromatic carbocycles. The van der Waals surface area contributed by atoms with Crippen molar-refractivity contribution in [3.63, 3.8) is 0 Å². The molecule has 2 unspecified atom stereocenters. The van der Waals surface area contributed by atoms with Crippen LogP contribution in [0, 0.1) is 0 Å². The number of unbranched alkanes of at least 4 members (excludes halogenated alkanes) is 2. The molecule has 0 aromatic heterocycles. The van der Waals surface area contributed by atoms with E-state index < -0.39 is 0 Å². The first-order valence-corrected chi connectivity index (χ1v) is 12.4. The number of aliphatic hydroxyl groups excluding tert-OH is 1. The molecular weight excluding hydrogens is 356 g/mol. The third-order valence-corrected chi connectivity index (χ3v) is 7.18. The Balaban J connectivity index is 0. The summed E-state index contributed by atoms with van der Waals surface area (Å²) in [4.78, 5) is 0. The summed E-state index contributed by atoms with van der Waals surface area (Å²) in [6.45, 7) is 14.6. The predicted octanol–water partition coefficient (Wildman–Crippen LogP) is 7.15. The number of hydrogen-bond acceptors (Lipinski definition) is 2. The second kappa shape index (κ2) is 22.3. The monoisotopic (exact) mass is 396 g/mol. The van der Waals surface area contributed by atoms with E-state index in [0.717, 1.165) is 12.8 Å². The molecule has 150 valence electrons. The Morgan fingerprint density at radius 1 is 1.15 bits per heavy atom. The van der Waals surface area contributed by atoms with Gasteiger partial charge in [-0.25, -0.2) is 0 Å². The van der Waals surface area contributed by atoms with Crippen molar-refractivity contribution in [1.29, 1.82) is 0 Å². The van der Waals surface area contributed by atoms with Gasteiger partial charge in [-0.2, -0.15) is 10.5 Å². The van der Waals surface area contributed by atoms with Crippen molar-refractivity contribution in [2.45, 2.75) is 58.5 Å². The first-order chi connectivity index (χ1) is 12.7. The molecule has 1 heterocycles. The maximum Gasteiger partial charge on any atom is 0.0636 e. The highest BCUT2D eigenvalue weighted by atomic mass is 32.2. The molecule has 0 aliphatic carbocycles. The van der Waals surface area contributed by atoms with E-state index in [4.69, 9.17) is 5.11 Å². The zero-order valence-corrected chi connectivity index (χ0v) is 19.1. The van der Waals surface area contributed by atoms with Gasteiger partial charge in [-0.15, -0.1) is 11.8 Å². The van der Waals surface area contributed by atoms with E-state index in [0.29, 0.717) is 21.7 Å². The van der Waals surface area contributed by atoms with Gasteiger partial charge in [0.15, 0.2) is 0 Å². The molecule has 1 N–H and O–H groups in total. The van der Waals surface area contributed by atoms with Gasteiger partial charge in [0, 0.05) is 6.61 Å². The van der Waals surface area contributed by atoms with Gasteiger partial charge in [0.2, 0.25) is 0 Å². The summed E-state index contributed by atoms with van der Waals surface area (Å²) >= 11 is 2.04. The summed E-state index contributed by atoms with van der Waals surface area (Å²) in [5, 5.41) is 10.6. The first kappa shape index (κ1) is 27.4. The highest BCUT2D eigenvalue weighted by molar-refractivity contribution is 8.26. The predicted molar refractivity (Wildman–Crippen MR) is 130 cm³/mol. The lowest BCUT2D eigenvalue weighted by molar-refractivity contribution is 0.284. The second-order valence-corrected chi connectivity index (χ2v) is 9.14. The molecule has 0 aromatic rings. The first-order valence-electron chi connectivity index (χ1n) is 9.83. The Bertz CT molecular complexity index is 467. The zero-order chi connectivity index (χ0) is 20.0. The van der Waals surface area contributed by atoms with Crippen LogP contribution in [0.25, 0.3) is 0 Å². The minimum atomic E-state index is 0.343. The Labute approximate surface area is 170 Å². The van der Waals surface area contributed by atoms with Crippen molar-refractivity contribution >= 4 is 27.6 Å². The van der Waals surface area contributed by atoms with Gasteiger partial charge in [0.05, 0.1) is 4.58 Å². The third-order valence-electron chi connectivity index (χ3n) is 3.22. The van der Waals surface area contributed by atoms with E-state index in [-0.39, 0.29) is 0 Å². The molecular formula is C23H40OS2. The van der Waals surface area contributed by atoms with Crippen LogP contribution >= 0.6 is 22.2 Å². The molecule has 3 heteroatoms. The van der Waals surface area contributed by atoms with Gasteiger partial charge in [0.25, 0.3) is 0 Å². The topological polar surface area (TPSA) is 20.2 Å². The van der Waals surface area contributed by atoms with Crippen molar-refractivity contribution in [2.24, 2.45) is 0 Å². The van der Waals surface area contributed by atoms with Crippen LogP contribution in [0.2, 0.25) is 0 Å². The molecule has 0 amide bonds. The Morgan fingerprint density at radius 2 is 1.88 bits per heavy atom. The molecule has 1 aliphatic rings. The summed E-state index contributed by atoms with van der Waals surface area (Å²) in [5.74, 6) is 2.40. The lowest BCUT2D eigenvalue weighted by atomic mass is 10.2. The van der Waals surface area contributed by atoms with Crippen molar-refractivity contribution in [2.75, 3.05) is 18.1 Å². The maximum atomic E-state index is 8.20. The summed E-state index contributed by atoms with van der Waals surface area (Å²) < 4.78 is 0.644. The van der Waals surface area contributed by atoms with Crippen LogP contribution in [-0.2, 0) is 0 Å². The van der Waals surface area contributed by atoms with Crippen LogP contribution in [0.3, 0.4) is 0 Å². The molecule has 0 radical (unpaired) electrons. The molecule has 0 saturated heterocycles. The molecule has 1 rings (SSSR count). The normalized spacial score (nSPS) is 18.9. The second-order valence-electron chi connectivity index (χ2n) is 5.16. The van der Waals surface area contributed by atoms with Crippen LogP contribution in [0.4, 0.5) is 0 Å². The fourth-order valence-electron chi connectivity index (χ4n) is 1.96. The smallest absolute Gasteiger partial charge is 0.0636 e. The molecule has 26 heavy (non-hydrogen) atoms. The fraction of sp³-hybridized carbons (Fsp3) is 0.522. The van der Waals surface area contributed by atoms with Crippen molar-refractivity contribution in [1.82, 2.24) is 0 Å². The van der Waals surface area contributed by atoms with Gasteiger partial charge in [-0.05, 0) is 28.9 Å². The van der Waals surface area contributed by atoms with E-state index >= 15 is 0 Å². The molecule has 0 saturated carbocycles. The van der Waals surface area contributed by atoms with Crippen molar-refractivity contribution in [3.05, 3.63) is 60.8 Å². The zero-order valence-electron chi connectivity index (χ0n) is 17.5. The number of hydrogen-bond donors (Lipinski definition) is 1. The summed E-state index contributed by atoms with van der Waals surface area (Å²) in [6, 6.07) is 0. The maximum absolute atomic E-state index is 8.20. The molecule has 2 atom stereocenters. The van der Waals surface area contributed by atoms with Crippen molar-refractivity contribution < 1.29 is 5.11 Å². The standard InChI is InChI=1S/C16H22S2.C5H12O.C2H6/c1-4-7-8-9-11-15-12-10-13-16(17-5-2)18(6-3)14-15;1-2-3-4-5-6;1-2/h4,7-14,16H,1,5-6H2,2-3H3;6H,2-5H2,1H3;1-2H3/b8-7-,11-9+;;. The van der Waals surface area contributed by atoms with Crippen LogP contribution in [0.5, 0.6) is 0 Å². The summed E-state index contributed by atoms with van der Waals surface area (Å²) in [7, 11) is 0.343. The van der Waals surface area contributed by atoms with E-state index in [2.05, 4.69) is 63.1 Å². The highest BCUT2D eigenvalue weighted by Crippen LogP contribution is 2.33. The van der Waals surface area contributed by atoms with Gasteiger partial charge < -0.3 is 5.11 Å². The molecule has 1 nitrogen and oxygen atoms in total. The van der Waals surface area contributed by atoms with Crippen LogP contribution in [0.15, 0.2) is 60.8 Å². The van der Waals surface area contributed by atoms with E-state index in [1.54, 1.807) is 6.08 Å². The Morgan fingerprint density at radius 3 is 2.38 bits per heavy atom. The Kier molecular flexibility index (Phi) is 23.5. The fourth-order valence-corrected chi connectivity index (χ4v) is 5.60. The van der Waals surface area contributed by atoms with Gasteiger partial charge >= 0.3 is 0 Å². The lowest BCUT2D eigenvalue weighted by Gasteiger charge is -2.15. The summed E-state index contributed by atoms with van der Waals surface area (Å²) in [5.41, 5.74) is 1.31. The minimum absolute atomic E-state index is 0.343. The third kappa shape index (κ3) is 15.5. The average molecular weight is 397 g/mol. The number of aliphatic hydroxyl groups is 1. The average Bonchev–Trinajstić information content (AvgIpc) is 2.88. The Hall–Kier alpha value is -0.770. The highest BCUT2D eigenvalue weighted by Gasteiger charge is 2.09. The minimum Gasteiger partial charge on any atom is -0.396 e. The summed E-state index contributed by atoms with van der Waals surface area (Å²) in [6.07, 6.45) is 20.1.